The summed E-state index contributed by atoms with van der Waals surface area (Å²) in [7, 11) is 0. The predicted molar refractivity (Wildman–Crippen MR) is 111 cm³/mol. The van der Waals surface area contributed by atoms with Crippen LogP contribution >= 0.6 is 0 Å². The van der Waals surface area contributed by atoms with E-state index in [1.807, 2.05) is 41.3 Å². The van der Waals surface area contributed by atoms with E-state index >= 15 is 0 Å². The van der Waals surface area contributed by atoms with Crippen LogP contribution in [0.1, 0.15) is 16.8 Å². The highest BCUT2D eigenvalue weighted by atomic mass is 19.4. The van der Waals surface area contributed by atoms with Crippen molar-refractivity contribution in [1.29, 1.82) is 0 Å². The van der Waals surface area contributed by atoms with Crippen LogP contribution in [0.25, 0.3) is 11.1 Å². The minimum atomic E-state index is -4.40. The Morgan fingerprint density at radius 3 is 2.55 bits per heavy atom. The van der Waals surface area contributed by atoms with Gasteiger partial charge in [0, 0.05) is 19.3 Å². The molecule has 0 spiro atoms. The average molecular weight is 430 g/mol. The number of dihydropyridines is 1. The Bertz CT molecular complexity index is 1020. The molecule has 8 heteroatoms. The number of aromatic carboxylic acids is 1. The van der Waals surface area contributed by atoms with Crippen LogP contribution in [0.3, 0.4) is 0 Å². The number of rotatable bonds is 5. The zero-order valence-electron chi connectivity index (χ0n) is 16.5. The molecule has 0 saturated carbocycles. The Morgan fingerprint density at radius 1 is 1.13 bits per heavy atom. The third kappa shape index (κ3) is 4.74. The first-order valence-corrected chi connectivity index (χ1v) is 9.86. The first-order chi connectivity index (χ1) is 14.8. The fraction of sp³-hybridized carbons (Fsp3) is 0.261. The van der Waals surface area contributed by atoms with Crippen LogP contribution in [0.2, 0.25) is 0 Å². The maximum atomic E-state index is 12.7. The van der Waals surface area contributed by atoms with Gasteiger partial charge in [-0.1, -0.05) is 36.4 Å². The molecule has 1 saturated heterocycles. The number of anilines is 1. The topological polar surface area (TPSA) is 61.8 Å². The van der Waals surface area contributed by atoms with Crippen molar-refractivity contribution in [3.8, 4) is 11.1 Å². The third-order valence-electron chi connectivity index (χ3n) is 5.34. The zero-order valence-corrected chi connectivity index (χ0v) is 16.5. The van der Waals surface area contributed by atoms with E-state index in [9.17, 15) is 23.1 Å². The lowest BCUT2D eigenvalue weighted by atomic mass is 10.0. The number of hydrogen-bond donors (Lipinski definition) is 2. The lowest BCUT2D eigenvalue weighted by Gasteiger charge is -2.25. The summed E-state index contributed by atoms with van der Waals surface area (Å²) in [6.07, 6.45) is -1.42. The van der Waals surface area contributed by atoms with Crippen LogP contribution in [0.15, 0.2) is 72.5 Å². The summed E-state index contributed by atoms with van der Waals surface area (Å²) in [5, 5.41) is 12.3. The second kappa shape index (κ2) is 8.47. The van der Waals surface area contributed by atoms with Crippen LogP contribution < -0.4 is 10.2 Å². The van der Waals surface area contributed by atoms with Gasteiger partial charge in [0.25, 0.3) is 0 Å². The van der Waals surface area contributed by atoms with E-state index in [0.717, 1.165) is 23.4 Å². The van der Waals surface area contributed by atoms with Gasteiger partial charge in [-0.25, -0.2) is 4.79 Å². The van der Waals surface area contributed by atoms with Crippen LogP contribution in [0.5, 0.6) is 0 Å². The van der Waals surface area contributed by atoms with E-state index in [4.69, 9.17) is 4.74 Å². The number of nitrogens with one attached hydrogen (secondary N) is 1. The fourth-order valence-electron chi connectivity index (χ4n) is 3.79. The summed E-state index contributed by atoms with van der Waals surface area (Å²) < 4.78 is 44.0. The van der Waals surface area contributed by atoms with Gasteiger partial charge in [0.2, 0.25) is 0 Å². The van der Waals surface area contributed by atoms with E-state index < -0.39 is 23.9 Å². The van der Waals surface area contributed by atoms with Crippen molar-refractivity contribution in [2.75, 3.05) is 18.0 Å². The standard InChI is InChI=1S/C23H21F3N2O3/c24-23(25,26)17-7-9-21(27-13-17)31-18-10-11-28(14-18)20-8-6-16(12-19(20)22(29)30)15-4-2-1-3-5-15/h1-9,12-13,18,21,27H,10-11,14H2,(H,29,30)/t18-,21?/m0/s1. The van der Waals surface area contributed by atoms with Crippen molar-refractivity contribution >= 4 is 11.7 Å². The molecule has 2 aliphatic rings. The fourth-order valence-corrected chi connectivity index (χ4v) is 3.79. The summed E-state index contributed by atoms with van der Waals surface area (Å²) >= 11 is 0. The molecule has 2 N–H and O–H groups in total. The molecule has 31 heavy (non-hydrogen) atoms. The molecule has 0 bridgehead atoms. The Balaban J connectivity index is 1.44. The van der Waals surface area contributed by atoms with Crippen molar-refractivity contribution in [3.05, 3.63) is 78.0 Å². The first-order valence-electron chi connectivity index (χ1n) is 9.86. The number of ether oxygens (including phenoxy) is 1. The number of nitrogens with zero attached hydrogens (tertiary/aromatic N) is 1. The largest absolute Gasteiger partial charge is 0.478 e. The highest BCUT2D eigenvalue weighted by Gasteiger charge is 2.34. The molecule has 0 aliphatic carbocycles. The lowest BCUT2D eigenvalue weighted by Crippen LogP contribution is -2.35. The van der Waals surface area contributed by atoms with E-state index in [0.29, 0.717) is 25.2 Å². The van der Waals surface area contributed by atoms with E-state index in [1.165, 1.54) is 6.08 Å². The smallest absolute Gasteiger partial charge is 0.417 e. The summed E-state index contributed by atoms with van der Waals surface area (Å²) in [6.45, 7) is 1.04. The summed E-state index contributed by atoms with van der Waals surface area (Å²) in [6, 6.07) is 14.9. The first kappa shape index (κ1) is 21.0. The number of carboxylic acid groups (broad SMARTS) is 1. The highest BCUT2D eigenvalue weighted by Crippen LogP contribution is 2.31. The molecule has 2 aliphatic heterocycles. The Hall–Kier alpha value is -3.26. The molecule has 5 nitrogen and oxygen atoms in total. The van der Waals surface area contributed by atoms with E-state index in [-0.39, 0.29) is 11.7 Å². The molecule has 2 aromatic carbocycles. The summed E-state index contributed by atoms with van der Waals surface area (Å²) in [5.41, 5.74) is 1.79. The maximum absolute atomic E-state index is 12.7. The highest BCUT2D eigenvalue weighted by molar-refractivity contribution is 5.96. The Kier molecular flexibility index (Phi) is 5.73. The molecule has 2 aromatic rings. The predicted octanol–water partition coefficient (Wildman–Crippen LogP) is 4.58. The number of carbonyl (C=O) groups is 1. The number of carboxylic acids is 1. The molecule has 0 aromatic heterocycles. The van der Waals surface area contributed by atoms with E-state index in [2.05, 4.69) is 5.32 Å². The van der Waals surface area contributed by atoms with Crippen molar-refractivity contribution < 1.29 is 27.8 Å². The zero-order chi connectivity index (χ0) is 22.0. The van der Waals surface area contributed by atoms with Gasteiger partial charge in [-0.05, 0) is 41.8 Å². The van der Waals surface area contributed by atoms with Gasteiger partial charge >= 0.3 is 12.1 Å². The van der Waals surface area contributed by atoms with Crippen LogP contribution in [-0.4, -0.2) is 42.7 Å². The number of allylic oxidation sites excluding steroid dienone is 2. The molecular formula is C23H21F3N2O3. The average Bonchev–Trinajstić information content (AvgIpc) is 3.22. The van der Waals surface area contributed by atoms with Gasteiger partial charge in [-0.3, -0.25) is 0 Å². The summed E-state index contributed by atoms with van der Waals surface area (Å²) in [5.74, 6) is -1.01. The van der Waals surface area contributed by atoms with Crippen LogP contribution in [0.4, 0.5) is 18.9 Å². The van der Waals surface area contributed by atoms with Gasteiger partial charge in [-0.2, -0.15) is 13.2 Å². The molecule has 0 amide bonds. The van der Waals surface area contributed by atoms with Gasteiger partial charge in [0.05, 0.1) is 22.9 Å². The Labute approximate surface area is 177 Å². The van der Waals surface area contributed by atoms with Gasteiger partial charge in [0.15, 0.2) is 0 Å². The monoisotopic (exact) mass is 430 g/mol. The second-order valence-corrected chi connectivity index (χ2v) is 7.44. The lowest BCUT2D eigenvalue weighted by molar-refractivity contribution is -0.0896. The number of hydrogen-bond acceptors (Lipinski definition) is 4. The van der Waals surface area contributed by atoms with Gasteiger partial charge in [-0.15, -0.1) is 0 Å². The minimum Gasteiger partial charge on any atom is -0.478 e. The molecule has 1 fully saturated rings. The molecule has 162 valence electrons. The SMILES string of the molecule is O=C(O)c1cc(-c2ccccc2)ccc1N1CC[C@H](OC2C=CC(C(F)(F)F)=CN2)C1. The normalized spacial score (nSPS) is 21.0. The Morgan fingerprint density at radius 2 is 1.90 bits per heavy atom. The van der Waals surface area contributed by atoms with Crippen molar-refractivity contribution in [2.24, 2.45) is 0 Å². The molecule has 0 radical (unpaired) electrons. The summed E-state index contributed by atoms with van der Waals surface area (Å²) in [4.78, 5) is 13.8. The molecule has 2 heterocycles. The number of alkyl halides is 3. The number of halogens is 3. The second-order valence-electron chi connectivity index (χ2n) is 7.44. The van der Waals surface area contributed by atoms with Crippen molar-refractivity contribution in [3.63, 3.8) is 0 Å². The van der Waals surface area contributed by atoms with Gasteiger partial charge in [0.1, 0.15) is 6.23 Å². The van der Waals surface area contributed by atoms with Gasteiger partial charge < -0.3 is 20.1 Å². The maximum Gasteiger partial charge on any atom is 0.417 e. The molecule has 2 atom stereocenters. The third-order valence-corrected chi connectivity index (χ3v) is 5.34. The van der Waals surface area contributed by atoms with Crippen molar-refractivity contribution in [2.45, 2.75) is 24.9 Å². The van der Waals surface area contributed by atoms with Crippen molar-refractivity contribution in [1.82, 2.24) is 5.32 Å². The molecular weight excluding hydrogens is 409 g/mol. The quantitative estimate of drug-likeness (QED) is 0.727. The molecule has 4 rings (SSSR count). The van der Waals surface area contributed by atoms with Crippen LogP contribution in [-0.2, 0) is 4.74 Å². The molecule has 1 unspecified atom stereocenters. The van der Waals surface area contributed by atoms with E-state index in [1.54, 1.807) is 12.1 Å². The van der Waals surface area contributed by atoms with Crippen LogP contribution in [0, 0.1) is 0 Å². The number of benzene rings is 2. The minimum absolute atomic E-state index is 0.204.